The van der Waals surface area contributed by atoms with E-state index in [9.17, 15) is 18.0 Å². The Morgan fingerprint density at radius 2 is 1.64 bits per heavy atom. The Kier molecular flexibility index (Phi) is 6.31. The van der Waals surface area contributed by atoms with E-state index in [4.69, 9.17) is 34.8 Å². The number of hydrogen-bond donors (Lipinski definition) is 0. The van der Waals surface area contributed by atoms with Gasteiger partial charge in [0.25, 0.3) is 5.56 Å². The molecule has 2 aromatic rings. The van der Waals surface area contributed by atoms with Crippen molar-refractivity contribution in [3.8, 4) is 0 Å². The van der Waals surface area contributed by atoms with Crippen LogP contribution in [-0.2, 0) is 21.4 Å². The lowest BCUT2D eigenvalue weighted by Gasteiger charge is -2.34. The molecular formula is C16H15Cl3N4O4S. The van der Waals surface area contributed by atoms with Crippen molar-refractivity contribution in [3.05, 3.63) is 55.9 Å². The minimum atomic E-state index is -3.67. The van der Waals surface area contributed by atoms with Crippen LogP contribution in [0.15, 0.2) is 40.2 Å². The molecule has 0 N–H and O–H groups in total. The monoisotopic (exact) mass is 464 g/mol. The molecule has 3 rings (SSSR count). The molecule has 0 radical (unpaired) electrons. The van der Waals surface area contributed by atoms with Gasteiger partial charge in [-0.05, 0) is 24.3 Å². The van der Waals surface area contributed by atoms with Crippen LogP contribution < -0.4 is 5.56 Å². The Morgan fingerprint density at radius 3 is 2.25 bits per heavy atom. The van der Waals surface area contributed by atoms with Crippen LogP contribution in [0, 0.1) is 0 Å². The molecule has 150 valence electrons. The van der Waals surface area contributed by atoms with Crippen molar-refractivity contribution in [1.82, 2.24) is 19.0 Å². The molecule has 0 spiro atoms. The number of benzene rings is 1. The molecule has 1 fully saturated rings. The van der Waals surface area contributed by atoms with Gasteiger partial charge in [-0.1, -0.05) is 34.8 Å². The molecule has 1 aromatic carbocycles. The Bertz CT molecular complexity index is 1050. The van der Waals surface area contributed by atoms with Gasteiger partial charge >= 0.3 is 0 Å². The normalized spacial score (nSPS) is 15.6. The highest BCUT2D eigenvalue weighted by molar-refractivity contribution is 7.89. The van der Waals surface area contributed by atoms with Gasteiger partial charge in [0.15, 0.2) is 0 Å². The fourth-order valence-corrected chi connectivity index (χ4v) is 4.54. The number of nitrogens with zero attached hydrogens (tertiary/aromatic N) is 4. The number of carbonyl (C=O) groups is 1. The van der Waals surface area contributed by atoms with Crippen molar-refractivity contribution < 1.29 is 13.2 Å². The highest BCUT2D eigenvalue weighted by Gasteiger charge is 2.30. The molecule has 28 heavy (non-hydrogen) atoms. The SMILES string of the molecule is O=C(Cn1ncc(Cl)c(Cl)c1=O)N1CCN(S(=O)(=O)c2ccc(Cl)cc2)CC1. The molecule has 8 nitrogen and oxygen atoms in total. The summed E-state index contributed by atoms with van der Waals surface area (Å²) in [6, 6.07) is 5.90. The van der Waals surface area contributed by atoms with E-state index in [0.29, 0.717) is 5.02 Å². The fourth-order valence-electron chi connectivity index (χ4n) is 2.72. The summed E-state index contributed by atoms with van der Waals surface area (Å²) in [5.41, 5.74) is -0.661. The Balaban J connectivity index is 1.65. The molecule has 1 aliphatic rings. The first-order valence-electron chi connectivity index (χ1n) is 8.15. The zero-order valence-corrected chi connectivity index (χ0v) is 17.5. The Labute approximate surface area is 176 Å². The standard InChI is InChI=1S/C16H15Cl3N4O4S/c17-11-1-3-12(4-2-11)28(26,27)22-7-5-21(6-8-22)14(24)10-23-16(25)15(19)13(18)9-20-23/h1-4,9H,5-8,10H2. The van der Waals surface area contributed by atoms with Gasteiger partial charge in [-0.2, -0.15) is 9.40 Å². The number of halogens is 3. The molecular weight excluding hydrogens is 451 g/mol. The predicted molar refractivity (Wildman–Crippen MR) is 105 cm³/mol. The van der Waals surface area contributed by atoms with Crippen molar-refractivity contribution in [2.24, 2.45) is 0 Å². The summed E-state index contributed by atoms with van der Waals surface area (Å²) in [5.74, 6) is -0.364. The molecule has 1 saturated heterocycles. The minimum Gasteiger partial charge on any atom is -0.338 e. The second kappa shape index (κ2) is 8.38. The number of carbonyl (C=O) groups excluding carboxylic acids is 1. The molecule has 0 unspecified atom stereocenters. The van der Waals surface area contributed by atoms with E-state index in [2.05, 4.69) is 5.10 Å². The first kappa shape index (κ1) is 21.1. The van der Waals surface area contributed by atoms with E-state index in [1.165, 1.54) is 39.7 Å². The van der Waals surface area contributed by atoms with Crippen LogP contribution in [0.3, 0.4) is 0 Å². The third kappa shape index (κ3) is 4.33. The number of amides is 1. The maximum absolute atomic E-state index is 12.7. The summed E-state index contributed by atoms with van der Waals surface area (Å²) in [6.45, 7) is 0.365. The maximum atomic E-state index is 12.7. The van der Waals surface area contributed by atoms with Gasteiger partial charge in [-0.25, -0.2) is 13.1 Å². The average Bonchev–Trinajstić information content (AvgIpc) is 2.69. The molecule has 1 aliphatic heterocycles. The van der Waals surface area contributed by atoms with Crippen LogP contribution in [-0.4, -0.2) is 59.5 Å². The first-order valence-corrected chi connectivity index (χ1v) is 10.7. The minimum absolute atomic E-state index is 0.0105. The highest BCUT2D eigenvalue weighted by Crippen LogP contribution is 2.20. The summed E-state index contributed by atoms with van der Waals surface area (Å²) in [4.78, 5) is 26.1. The summed E-state index contributed by atoms with van der Waals surface area (Å²) in [6.07, 6.45) is 1.19. The number of rotatable bonds is 4. The van der Waals surface area contributed by atoms with Crippen LogP contribution >= 0.6 is 34.8 Å². The second-order valence-corrected chi connectivity index (χ2v) is 9.17. The summed E-state index contributed by atoms with van der Waals surface area (Å²) in [5, 5.41) is 4.05. The predicted octanol–water partition coefficient (Wildman–Crippen LogP) is 1.74. The zero-order chi connectivity index (χ0) is 20.5. The molecule has 1 aromatic heterocycles. The number of piperazine rings is 1. The van der Waals surface area contributed by atoms with Gasteiger partial charge < -0.3 is 4.90 Å². The van der Waals surface area contributed by atoms with Crippen LogP contribution in [0.1, 0.15) is 0 Å². The molecule has 0 atom stereocenters. The van der Waals surface area contributed by atoms with E-state index < -0.39 is 15.6 Å². The largest absolute Gasteiger partial charge is 0.338 e. The molecule has 1 amide bonds. The lowest BCUT2D eigenvalue weighted by atomic mass is 10.3. The van der Waals surface area contributed by atoms with Gasteiger partial charge in [0.05, 0.1) is 16.1 Å². The quantitative estimate of drug-likeness (QED) is 0.686. The highest BCUT2D eigenvalue weighted by atomic mass is 35.5. The van der Waals surface area contributed by atoms with E-state index >= 15 is 0 Å². The summed E-state index contributed by atoms with van der Waals surface area (Å²) < 4.78 is 27.6. The lowest BCUT2D eigenvalue weighted by molar-refractivity contribution is -0.133. The van der Waals surface area contributed by atoms with Gasteiger partial charge in [0.2, 0.25) is 15.9 Å². The summed E-state index contributed by atoms with van der Waals surface area (Å²) >= 11 is 17.3. The van der Waals surface area contributed by atoms with E-state index in [1.807, 2.05) is 0 Å². The lowest BCUT2D eigenvalue weighted by Crippen LogP contribution is -2.51. The number of aromatic nitrogens is 2. The van der Waals surface area contributed by atoms with Gasteiger partial charge in [-0.3, -0.25) is 9.59 Å². The Morgan fingerprint density at radius 1 is 1.04 bits per heavy atom. The fraction of sp³-hybridized carbons (Fsp3) is 0.312. The van der Waals surface area contributed by atoms with Crippen molar-refractivity contribution >= 4 is 50.7 Å². The van der Waals surface area contributed by atoms with Crippen molar-refractivity contribution in [2.45, 2.75) is 11.4 Å². The molecule has 0 bridgehead atoms. The topological polar surface area (TPSA) is 92.6 Å². The molecule has 2 heterocycles. The van der Waals surface area contributed by atoms with Crippen LogP contribution in [0.25, 0.3) is 0 Å². The van der Waals surface area contributed by atoms with Gasteiger partial charge in [0.1, 0.15) is 11.6 Å². The molecule has 0 aliphatic carbocycles. The van der Waals surface area contributed by atoms with Crippen molar-refractivity contribution in [3.63, 3.8) is 0 Å². The number of hydrogen-bond acceptors (Lipinski definition) is 5. The van der Waals surface area contributed by atoms with E-state index in [0.717, 1.165) is 4.68 Å². The summed E-state index contributed by atoms with van der Waals surface area (Å²) in [7, 11) is -3.67. The van der Waals surface area contributed by atoms with Crippen LogP contribution in [0.2, 0.25) is 15.1 Å². The van der Waals surface area contributed by atoms with Crippen LogP contribution in [0.4, 0.5) is 0 Å². The first-order chi connectivity index (χ1) is 13.2. The second-order valence-electron chi connectivity index (χ2n) is 6.01. The van der Waals surface area contributed by atoms with Gasteiger partial charge in [0, 0.05) is 31.2 Å². The van der Waals surface area contributed by atoms with Gasteiger partial charge in [-0.15, -0.1) is 0 Å². The molecule has 0 saturated carbocycles. The smallest absolute Gasteiger partial charge is 0.287 e. The Hall–Kier alpha value is -1.65. The zero-order valence-electron chi connectivity index (χ0n) is 14.4. The van der Waals surface area contributed by atoms with E-state index in [1.54, 1.807) is 0 Å². The average molecular weight is 466 g/mol. The van der Waals surface area contributed by atoms with E-state index in [-0.39, 0.29) is 53.6 Å². The third-order valence-electron chi connectivity index (χ3n) is 4.27. The molecule has 12 heteroatoms. The maximum Gasteiger partial charge on any atom is 0.287 e. The van der Waals surface area contributed by atoms with Crippen molar-refractivity contribution in [1.29, 1.82) is 0 Å². The van der Waals surface area contributed by atoms with Crippen LogP contribution in [0.5, 0.6) is 0 Å². The third-order valence-corrected chi connectivity index (χ3v) is 7.18. The van der Waals surface area contributed by atoms with Crippen molar-refractivity contribution in [2.75, 3.05) is 26.2 Å². The number of sulfonamides is 1.